The lowest BCUT2D eigenvalue weighted by molar-refractivity contribution is -0.137. The summed E-state index contributed by atoms with van der Waals surface area (Å²) in [5.74, 6) is -0.671. The van der Waals surface area contributed by atoms with Crippen LogP contribution >= 0.6 is 0 Å². The number of amides is 1. The van der Waals surface area contributed by atoms with Gasteiger partial charge in [-0.05, 0) is 31.7 Å². The van der Waals surface area contributed by atoms with Crippen molar-refractivity contribution < 1.29 is 18.0 Å². The van der Waals surface area contributed by atoms with E-state index in [1.165, 1.54) is 6.07 Å². The average Bonchev–Trinajstić information content (AvgIpc) is 2.48. The zero-order chi connectivity index (χ0) is 17.5. The van der Waals surface area contributed by atoms with Gasteiger partial charge in [-0.2, -0.15) is 13.2 Å². The van der Waals surface area contributed by atoms with E-state index in [1.54, 1.807) is 14.0 Å². The number of hydrogen-bond donors (Lipinski definition) is 3. The molecule has 1 rings (SSSR count). The first-order valence-corrected chi connectivity index (χ1v) is 7.70. The van der Waals surface area contributed by atoms with Gasteiger partial charge in [0.1, 0.15) is 0 Å². The predicted molar refractivity (Wildman–Crippen MR) is 86.6 cm³/mol. The first-order valence-electron chi connectivity index (χ1n) is 7.70. The van der Waals surface area contributed by atoms with Crippen molar-refractivity contribution in [3.63, 3.8) is 0 Å². The van der Waals surface area contributed by atoms with E-state index in [0.29, 0.717) is 18.8 Å². The summed E-state index contributed by atoms with van der Waals surface area (Å²) in [6.45, 7) is 4.82. The Morgan fingerprint density at radius 2 is 1.96 bits per heavy atom. The molecule has 0 spiro atoms. The second-order valence-electron chi connectivity index (χ2n) is 5.49. The lowest BCUT2D eigenvalue weighted by Gasteiger charge is -2.18. The number of nitrogens with one attached hydrogen (secondary N) is 3. The van der Waals surface area contributed by atoms with Crippen molar-refractivity contribution in [1.82, 2.24) is 5.32 Å². The molecule has 1 atom stereocenters. The Kier molecular flexibility index (Phi) is 7.35. The minimum atomic E-state index is -4.45. The fourth-order valence-electron chi connectivity index (χ4n) is 2.03. The van der Waals surface area contributed by atoms with Crippen molar-refractivity contribution in [1.29, 1.82) is 0 Å². The summed E-state index contributed by atoms with van der Waals surface area (Å²) in [6.07, 6.45) is -2.59. The Bertz CT molecular complexity index is 518. The molecule has 7 heteroatoms. The van der Waals surface area contributed by atoms with Crippen LogP contribution in [0.15, 0.2) is 18.2 Å². The molecule has 23 heavy (non-hydrogen) atoms. The fourth-order valence-corrected chi connectivity index (χ4v) is 2.03. The molecular weight excluding hydrogens is 307 g/mol. The van der Waals surface area contributed by atoms with E-state index in [2.05, 4.69) is 16.0 Å². The summed E-state index contributed by atoms with van der Waals surface area (Å²) >= 11 is 0. The van der Waals surface area contributed by atoms with Crippen LogP contribution in [0.4, 0.5) is 24.5 Å². The zero-order valence-corrected chi connectivity index (χ0v) is 13.7. The maximum absolute atomic E-state index is 12.9. The normalized spacial score (nSPS) is 12.8. The molecule has 0 fully saturated rings. The largest absolute Gasteiger partial charge is 0.416 e. The highest BCUT2D eigenvalue weighted by atomic mass is 19.4. The molecule has 0 aliphatic carbocycles. The van der Waals surface area contributed by atoms with E-state index in [4.69, 9.17) is 0 Å². The van der Waals surface area contributed by atoms with Gasteiger partial charge in [0.15, 0.2) is 0 Å². The van der Waals surface area contributed by atoms with Crippen molar-refractivity contribution in [3.05, 3.63) is 23.8 Å². The van der Waals surface area contributed by atoms with E-state index >= 15 is 0 Å². The first kappa shape index (κ1) is 19.3. The van der Waals surface area contributed by atoms with E-state index in [1.807, 2.05) is 6.92 Å². The van der Waals surface area contributed by atoms with E-state index in [0.717, 1.165) is 25.0 Å². The lowest BCUT2D eigenvalue weighted by Crippen LogP contribution is -2.29. The molecule has 0 aromatic heterocycles. The highest BCUT2D eigenvalue weighted by Crippen LogP contribution is 2.34. The Labute approximate surface area is 134 Å². The highest BCUT2D eigenvalue weighted by Gasteiger charge is 2.31. The van der Waals surface area contributed by atoms with Gasteiger partial charge >= 0.3 is 6.18 Å². The number of unbranched alkanes of at least 4 members (excludes halogenated alkanes) is 1. The smallest absolute Gasteiger partial charge is 0.383 e. The molecule has 1 unspecified atom stereocenters. The van der Waals surface area contributed by atoms with Gasteiger partial charge in [0.2, 0.25) is 5.91 Å². The molecule has 0 aliphatic heterocycles. The number of benzene rings is 1. The van der Waals surface area contributed by atoms with Crippen molar-refractivity contribution in [2.75, 3.05) is 30.8 Å². The molecule has 0 heterocycles. The summed E-state index contributed by atoms with van der Waals surface area (Å²) in [5.41, 5.74) is -0.129. The van der Waals surface area contributed by atoms with Crippen LogP contribution in [0, 0.1) is 5.92 Å². The molecule has 0 bridgehead atoms. The van der Waals surface area contributed by atoms with Crippen molar-refractivity contribution in [2.24, 2.45) is 5.92 Å². The number of alkyl halides is 3. The standard InChI is InChI=1S/C16H24F3N3O/c1-4-5-8-21-13-7-6-12(16(17,18)19)9-14(13)22-15(23)11(2)10-20-3/h6-7,9,11,20-21H,4-5,8,10H2,1-3H3,(H,22,23). The van der Waals surface area contributed by atoms with Gasteiger partial charge < -0.3 is 16.0 Å². The van der Waals surface area contributed by atoms with Crippen LogP contribution in [-0.4, -0.2) is 26.0 Å². The number of carbonyl (C=O) groups excluding carboxylic acids is 1. The van der Waals surface area contributed by atoms with Crippen molar-refractivity contribution in [2.45, 2.75) is 32.9 Å². The second kappa shape index (κ2) is 8.76. The second-order valence-corrected chi connectivity index (χ2v) is 5.49. The summed E-state index contributed by atoms with van der Waals surface area (Å²) in [7, 11) is 1.71. The molecule has 0 radical (unpaired) electrons. The Morgan fingerprint density at radius 3 is 2.52 bits per heavy atom. The molecular formula is C16H24F3N3O. The quantitative estimate of drug-likeness (QED) is 0.637. The zero-order valence-electron chi connectivity index (χ0n) is 13.7. The predicted octanol–water partition coefficient (Wildman–Crippen LogP) is 3.71. The topological polar surface area (TPSA) is 53.2 Å². The minimum absolute atomic E-state index is 0.156. The average molecular weight is 331 g/mol. The molecule has 0 saturated carbocycles. The summed E-state index contributed by atoms with van der Waals surface area (Å²) in [5, 5.41) is 8.53. The maximum atomic E-state index is 12.9. The van der Waals surface area contributed by atoms with E-state index in [-0.39, 0.29) is 17.5 Å². The molecule has 0 aliphatic rings. The summed E-state index contributed by atoms with van der Waals surface area (Å²) < 4.78 is 38.6. The molecule has 130 valence electrons. The lowest BCUT2D eigenvalue weighted by atomic mass is 10.1. The van der Waals surface area contributed by atoms with Gasteiger partial charge in [-0.25, -0.2) is 0 Å². The number of anilines is 2. The van der Waals surface area contributed by atoms with Crippen LogP contribution in [0.3, 0.4) is 0 Å². The van der Waals surface area contributed by atoms with Crippen molar-refractivity contribution >= 4 is 17.3 Å². The SMILES string of the molecule is CCCCNc1ccc(C(F)(F)F)cc1NC(=O)C(C)CNC. The molecule has 0 saturated heterocycles. The molecule has 1 amide bonds. The first-order chi connectivity index (χ1) is 10.8. The van der Waals surface area contributed by atoms with E-state index in [9.17, 15) is 18.0 Å². The number of carbonyl (C=O) groups is 1. The van der Waals surface area contributed by atoms with Gasteiger partial charge in [-0.15, -0.1) is 0 Å². The molecule has 3 N–H and O–H groups in total. The summed E-state index contributed by atoms with van der Waals surface area (Å²) in [4.78, 5) is 12.1. The Morgan fingerprint density at radius 1 is 1.26 bits per heavy atom. The van der Waals surface area contributed by atoms with Crippen LogP contribution in [0.2, 0.25) is 0 Å². The third kappa shape index (κ3) is 6.09. The van der Waals surface area contributed by atoms with Crippen LogP contribution in [0.25, 0.3) is 0 Å². The maximum Gasteiger partial charge on any atom is 0.416 e. The minimum Gasteiger partial charge on any atom is -0.383 e. The third-order valence-electron chi connectivity index (χ3n) is 3.41. The fraction of sp³-hybridized carbons (Fsp3) is 0.562. The number of rotatable bonds is 8. The molecule has 4 nitrogen and oxygen atoms in total. The van der Waals surface area contributed by atoms with Gasteiger partial charge in [0, 0.05) is 19.0 Å². The van der Waals surface area contributed by atoms with Gasteiger partial charge in [0.05, 0.1) is 16.9 Å². The Hall–Kier alpha value is -1.76. The van der Waals surface area contributed by atoms with Gasteiger partial charge in [-0.1, -0.05) is 20.3 Å². The number of halogens is 3. The molecule has 1 aromatic carbocycles. The van der Waals surface area contributed by atoms with Gasteiger partial charge in [0.25, 0.3) is 0 Å². The van der Waals surface area contributed by atoms with E-state index < -0.39 is 11.7 Å². The van der Waals surface area contributed by atoms with Crippen LogP contribution in [0.5, 0.6) is 0 Å². The third-order valence-corrected chi connectivity index (χ3v) is 3.41. The highest BCUT2D eigenvalue weighted by molar-refractivity contribution is 5.95. The van der Waals surface area contributed by atoms with Crippen LogP contribution in [-0.2, 0) is 11.0 Å². The van der Waals surface area contributed by atoms with Crippen LogP contribution < -0.4 is 16.0 Å². The summed E-state index contributed by atoms with van der Waals surface area (Å²) in [6, 6.07) is 3.34. The van der Waals surface area contributed by atoms with Crippen LogP contribution in [0.1, 0.15) is 32.3 Å². The number of hydrogen-bond acceptors (Lipinski definition) is 3. The Balaban J connectivity index is 3.00. The van der Waals surface area contributed by atoms with Gasteiger partial charge in [-0.3, -0.25) is 4.79 Å². The monoisotopic (exact) mass is 331 g/mol. The molecule has 1 aromatic rings. The van der Waals surface area contributed by atoms with Crippen molar-refractivity contribution in [3.8, 4) is 0 Å².